The summed E-state index contributed by atoms with van der Waals surface area (Å²) >= 11 is 0. The number of azo groups is 1. The van der Waals surface area contributed by atoms with Crippen molar-refractivity contribution in [1.29, 1.82) is 0 Å². The van der Waals surface area contributed by atoms with E-state index in [9.17, 15) is 0 Å². The molecule has 0 bridgehead atoms. The van der Waals surface area contributed by atoms with Gasteiger partial charge >= 0.3 is 0 Å². The molecule has 1 N–H and O–H groups in total. The maximum Gasteiger partial charge on any atom is 0.132 e. The Morgan fingerprint density at radius 1 is 1.25 bits per heavy atom. The predicted molar refractivity (Wildman–Crippen MR) is 94.4 cm³/mol. The Kier molecular flexibility index (Phi) is 4.31. The first kappa shape index (κ1) is 15.7. The van der Waals surface area contributed by atoms with Gasteiger partial charge in [-0.1, -0.05) is 0 Å². The van der Waals surface area contributed by atoms with Crippen molar-refractivity contribution in [3.05, 3.63) is 28.9 Å². The number of hydrogen-bond donors (Lipinski definition) is 1. The van der Waals surface area contributed by atoms with Crippen molar-refractivity contribution in [2.45, 2.75) is 51.0 Å². The number of likely N-dealkylation sites (N-methyl/N-ethyl adjacent to an activating group) is 1. The molecule has 1 aromatic rings. The fraction of sp³-hybridized carbons (Fsp3) is 0.667. The van der Waals surface area contributed by atoms with E-state index in [0.717, 1.165) is 44.1 Å². The van der Waals surface area contributed by atoms with Crippen molar-refractivity contribution in [1.82, 2.24) is 15.3 Å². The number of aryl methyl sites for hydroxylation is 1. The maximum absolute atomic E-state index is 4.70. The van der Waals surface area contributed by atoms with Crippen LogP contribution in [-0.4, -0.2) is 42.7 Å². The van der Waals surface area contributed by atoms with Crippen LogP contribution in [-0.2, 0) is 0 Å². The van der Waals surface area contributed by atoms with E-state index >= 15 is 0 Å². The summed E-state index contributed by atoms with van der Waals surface area (Å²) in [6.45, 7) is 4.98. The van der Waals surface area contributed by atoms with Crippen LogP contribution in [0.1, 0.15) is 49.5 Å². The lowest BCUT2D eigenvalue weighted by molar-refractivity contribution is 0.453. The van der Waals surface area contributed by atoms with Gasteiger partial charge in [-0.3, -0.25) is 0 Å². The Labute approximate surface area is 143 Å². The zero-order valence-electron chi connectivity index (χ0n) is 14.6. The van der Waals surface area contributed by atoms with Gasteiger partial charge in [-0.2, -0.15) is 10.2 Å². The molecular weight excluding hydrogens is 300 g/mol. The standard InChI is InChI=1S/C18H26N6/c1-12-20-16(13-5-4-8-19-10-13)9-18(21-12)24(2)11-17-14-6-3-7-15(14)22-23-17/h9,13,17,19H,3-8,10-11H2,1-2H3/t13-,17-/m1/s1. The van der Waals surface area contributed by atoms with Crippen LogP contribution in [0.2, 0.25) is 0 Å². The Morgan fingerprint density at radius 3 is 3.00 bits per heavy atom. The largest absolute Gasteiger partial charge is 0.357 e. The molecule has 3 aliphatic rings. The molecule has 3 heterocycles. The number of allylic oxidation sites excluding steroid dienone is 1. The molecule has 128 valence electrons. The molecule has 6 heteroatoms. The lowest BCUT2D eigenvalue weighted by atomic mass is 9.96. The van der Waals surface area contributed by atoms with Crippen molar-refractivity contribution in [3.8, 4) is 0 Å². The molecule has 0 unspecified atom stereocenters. The summed E-state index contributed by atoms with van der Waals surface area (Å²) < 4.78 is 0. The molecule has 1 saturated heterocycles. The molecule has 6 nitrogen and oxygen atoms in total. The Balaban J connectivity index is 1.50. The van der Waals surface area contributed by atoms with Crippen LogP contribution in [0.5, 0.6) is 0 Å². The lowest BCUT2D eigenvalue weighted by Crippen LogP contribution is -2.31. The van der Waals surface area contributed by atoms with Crippen LogP contribution in [0.3, 0.4) is 0 Å². The minimum Gasteiger partial charge on any atom is -0.357 e. The molecule has 1 aliphatic carbocycles. The van der Waals surface area contributed by atoms with Gasteiger partial charge in [0.05, 0.1) is 11.4 Å². The summed E-state index contributed by atoms with van der Waals surface area (Å²) in [5, 5.41) is 12.3. The number of piperidine rings is 1. The zero-order valence-corrected chi connectivity index (χ0v) is 14.6. The molecule has 0 spiro atoms. The average molecular weight is 326 g/mol. The smallest absolute Gasteiger partial charge is 0.132 e. The highest BCUT2D eigenvalue weighted by atomic mass is 15.2. The molecule has 0 radical (unpaired) electrons. The van der Waals surface area contributed by atoms with Crippen molar-refractivity contribution in [3.63, 3.8) is 0 Å². The average Bonchev–Trinajstić information content (AvgIpc) is 3.20. The van der Waals surface area contributed by atoms with Gasteiger partial charge in [0.25, 0.3) is 0 Å². The fourth-order valence-corrected chi connectivity index (χ4v) is 4.02. The molecule has 4 rings (SSSR count). The van der Waals surface area contributed by atoms with Gasteiger partial charge in [0.2, 0.25) is 0 Å². The normalized spacial score (nSPS) is 26.1. The second-order valence-corrected chi connectivity index (χ2v) is 7.18. The maximum atomic E-state index is 4.70. The third kappa shape index (κ3) is 3.07. The number of hydrogen-bond acceptors (Lipinski definition) is 6. The van der Waals surface area contributed by atoms with E-state index in [-0.39, 0.29) is 6.04 Å². The minimum absolute atomic E-state index is 0.211. The van der Waals surface area contributed by atoms with Gasteiger partial charge in [0.1, 0.15) is 17.7 Å². The molecule has 1 aromatic heterocycles. The van der Waals surface area contributed by atoms with E-state index < -0.39 is 0 Å². The highest BCUT2D eigenvalue weighted by Crippen LogP contribution is 2.36. The second kappa shape index (κ2) is 6.59. The first-order valence-electron chi connectivity index (χ1n) is 9.11. The van der Waals surface area contributed by atoms with E-state index in [1.807, 2.05) is 6.92 Å². The van der Waals surface area contributed by atoms with Crippen LogP contribution in [0.4, 0.5) is 5.82 Å². The Morgan fingerprint density at radius 2 is 2.17 bits per heavy atom. The molecule has 1 fully saturated rings. The second-order valence-electron chi connectivity index (χ2n) is 7.18. The number of rotatable bonds is 4. The summed E-state index contributed by atoms with van der Waals surface area (Å²) in [6.07, 6.45) is 5.92. The molecule has 2 aliphatic heterocycles. The lowest BCUT2D eigenvalue weighted by Gasteiger charge is -2.25. The fourth-order valence-electron chi connectivity index (χ4n) is 4.02. The van der Waals surface area contributed by atoms with Crippen LogP contribution >= 0.6 is 0 Å². The van der Waals surface area contributed by atoms with E-state index in [1.165, 1.54) is 36.2 Å². The molecule has 0 aromatic carbocycles. The van der Waals surface area contributed by atoms with E-state index in [2.05, 4.69) is 38.5 Å². The number of nitrogens with one attached hydrogen (secondary N) is 1. The molecule has 0 amide bonds. The zero-order chi connectivity index (χ0) is 16.5. The summed E-state index contributed by atoms with van der Waals surface area (Å²) in [4.78, 5) is 11.6. The van der Waals surface area contributed by atoms with Crippen LogP contribution < -0.4 is 10.2 Å². The van der Waals surface area contributed by atoms with Crippen LogP contribution in [0, 0.1) is 6.92 Å². The van der Waals surface area contributed by atoms with Gasteiger partial charge in [0, 0.05) is 32.1 Å². The van der Waals surface area contributed by atoms with Gasteiger partial charge in [-0.05, 0) is 51.1 Å². The Bertz CT molecular complexity index is 674. The minimum atomic E-state index is 0.211. The highest BCUT2D eigenvalue weighted by molar-refractivity contribution is 5.41. The van der Waals surface area contributed by atoms with E-state index in [4.69, 9.17) is 4.98 Å². The van der Waals surface area contributed by atoms with Gasteiger partial charge in [-0.15, -0.1) is 0 Å². The first-order chi connectivity index (χ1) is 11.7. The third-order valence-electron chi connectivity index (χ3n) is 5.35. The number of aromatic nitrogens is 2. The van der Waals surface area contributed by atoms with Crippen molar-refractivity contribution in [2.75, 3.05) is 31.6 Å². The highest BCUT2D eigenvalue weighted by Gasteiger charge is 2.29. The Hall–Kier alpha value is -1.82. The van der Waals surface area contributed by atoms with Crippen LogP contribution in [0.25, 0.3) is 0 Å². The molecule has 24 heavy (non-hydrogen) atoms. The molecular formula is C18H26N6. The van der Waals surface area contributed by atoms with Gasteiger partial charge in [0.15, 0.2) is 0 Å². The van der Waals surface area contributed by atoms with E-state index in [0.29, 0.717) is 5.92 Å². The number of nitrogens with zero attached hydrogens (tertiary/aromatic N) is 5. The third-order valence-corrected chi connectivity index (χ3v) is 5.35. The SMILES string of the molecule is Cc1nc([C@@H]2CCCNC2)cc(N(C)C[C@H]2N=NC3=C2CCC3)n1. The van der Waals surface area contributed by atoms with Crippen LogP contribution in [0.15, 0.2) is 27.6 Å². The monoisotopic (exact) mass is 326 g/mol. The van der Waals surface area contributed by atoms with Crippen molar-refractivity contribution >= 4 is 5.82 Å². The van der Waals surface area contributed by atoms with Gasteiger partial charge < -0.3 is 10.2 Å². The molecule has 2 atom stereocenters. The quantitative estimate of drug-likeness (QED) is 0.924. The molecule has 0 saturated carbocycles. The summed E-state index contributed by atoms with van der Waals surface area (Å²) in [5.41, 5.74) is 3.86. The first-order valence-corrected chi connectivity index (χ1v) is 9.11. The van der Waals surface area contributed by atoms with E-state index in [1.54, 1.807) is 0 Å². The summed E-state index contributed by atoms with van der Waals surface area (Å²) in [5.74, 6) is 2.36. The summed E-state index contributed by atoms with van der Waals surface area (Å²) in [6, 6.07) is 2.38. The predicted octanol–water partition coefficient (Wildman–Crippen LogP) is 2.96. The topological polar surface area (TPSA) is 65.8 Å². The van der Waals surface area contributed by atoms with Crippen molar-refractivity contribution in [2.24, 2.45) is 10.2 Å². The number of anilines is 1. The van der Waals surface area contributed by atoms with Gasteiger partial charge in [-0.25, -0.2) is 9.97 Å². The van der Waals surface area contributed by atoms with Crippen molar-refractivity contribution < 1.29 is 0 Å². The summed E-state index contributed by atoms with van der Waals surface area (Å²) in [7, 11) is 2.10.